The molecule has 1 saturated heterocycles. The molecule has 6 nitrogen and oxygen atoms in total. The number of aromatic nitrogens is 3. The molecule has 0 saturated carbocycles. The van der Waals surface area contributed by atoms with E-state index in [0.717, 1.165) is 0 Å². The van der Waals surface area contributed by atoms with E-state index in [-0.39, 0.29) is 17.3 Å². The van der Waals surface area contributed by atoms with E-state index in [1.54, 1.807) is 6.92 Å². The van der Waals surface area contributed by atoms with E-state index in [2.05, 4.69) is 15.0 Å². The summed E-state index contributed by atoms with van der Waals surface area (Å²) in [5, 5.41) is -0.185. The molecule has 1 aromatic heterocycles. The molecule has 1 aliphatic rings. The first-order valence-electron chi connectivity index (χ1n) is 4.81. The van der Waals surface area contributed by atoms with E-state index in [1.807, 2.05) is 0 Å². The van der Waals surface area contributed by atoms with Crippen LogP contribution in [-0.2, 0) is 4.79 Å². The summed E-state index contributed by atoms with van der Waals surface area (Å²) < 4.78 is 4.92. The van der Waals surface area contributed by atoms with Crippen LogP contribution in [0.25, 0.3) is 0 Å². The first-order valence-corrected chi connectivity index (χ1v) is 5.25. The Morgan fingerprint density at radius 1 is 1.44 bits per heavy atom. The van der Waals surface area contributed by atoms with Crippen molar-refractivity contribution in [3.05, 3.63) is 5.82 Å². The fraction of sp³-hybridized carbons (Fsp3) is 0.556. The number of carbonyl (C=O) groups is 1. The number of methoxy groups -OCH3 is 1. The van der Waals surface area contributed by atoms with Crippen molar-refractivity contribution in [2.75, 3.05) is 18.6 Å². The number of nitrogens with zero attached hydrogens (tertiary/aromatic N) is 4. The van der Waals surface area contributed by atoms with Crippen molar-refractivity contribution in [3.8, 4) is 6.01 Å². The third-order valence-electron chi connectivity index (χ3n) is 2.22. The number of aryl methyl sites for hydroxylation is 1. The Labute approximate surface area is 97.6 Å². The Hall–Kier alpha value is -1.43. The van der Waals surface area contributed by atoms with Crippen molar-refractivity contribution in [2.24, 2.45) is 0 Å². The summed E-state index contributed by atoms with van der Waals surface area (Å²) in [6.07, 6.45) is 0.314. The van der Waals surface area contributed by atoms with Gasteiger partial charge in [0.2, 0.25) is 11.9 Å². The molecule has 0 N–H and O–H groups in total. The number of ether oxygens (including phenoxy) is 1. The Morgan fingerprint density at radius 2 is 2.19 bits per heavy atom. The highest BCUT2D eigenvalue weighted by atomic mass is 35.5. The molecule has 0 aliphatic carbocycles. The second-order valence-corrected chi connectivity index (χ2v) is 4.09. The summed E-state index contributed by atoms with van der Waals surface area (Å²) in [5.41, 5.74) is 0. The van der Waals surface area contributed by atoms with Gasteiger partial charge in [0.15, 0.2) is 0 Å². The van der Waals surface area contributed by atoms with Gasteiger partial charge in [0, 0.05) is 13.0 Å². The van der Waals surface area contributed by atoms with Crippen molar-refractivity contribution in [1.29, 1.82) is 0 Å². The molecule has 0 aromatic carbocycles. The monoisotopic (exact) mass is 242 g/mol. The average molecular weight is 243 g/mol. The number of carbonyl (C=O) groups excluding carboxylic acids is 1. The lowest BCUT2D eigenvalue weighted by molar-refractivity contribution is -0.117. The van der Waals surface area contributed by atoms with Gasteiger partial charge in [0.25, 0.3) is 0 Å². The molecule has 2 heterocycles. The Morgan fingerprint density at radius 3 is 2.75 bits per heavy atom. The molecule has 1 aromatic rings. The van der Waals surface area contributed by atoms with Crippen LogP contribution in [0.1, 0.15) is 12.2 Å². The quantitative estimate of drug-likeness (QED) is 0.708. The van der Waals surface area contributed by atoms with E-state index in [0.29, 0.717) is 24.7 Å². The highest BCUT2D eigenvalue weighted by Crippen LogP contribution is 2.22. The molecule has 0 bridgehead atoms. The van der Waals surface area contributed by atoms with Crippen molar-refractivity contribution in [3.63, 3.8) is 0 Å². The zero-order chi connectivity index (χ0) is 11.7. The molecule has 1 unspecified atom stereocenters. The Bertz CT molecular complexity index is 426. The van der Waals surface area contributed by atoms with Gasteiger partial charge in [-0.05, 0) is 6.92 Å². The number of alkyl halides is 1. The van der Waals surface area contributed by atoms with Gasteiger partial charge in [0.05, 0.1) is 12.5 Å². The number of hydrogen-bond acceptors (Lipinski definition) is 5. The van der Waals surface area contributed by atoms with Gasteiger partial charge >= 0.3 is 6.01 Å². The van der Waals surface area contributed by atoms with Gasteiger partial charge < -0.3 is 4.74 Å². The van der Waals surface area contributed by atoms with Gasteiger partial charge in [-0.1, -0.05) is 0 Å². The minimum absolute atomic E-state index is 0.0762. The van der Waals surface area contributed by atoms with E-state index >= 15 is 0 Å². The molecule has 7 heteroatoms. The molecule has 86 valence electrons. The zero-order valence-electron chi connectivity index (χ0n) is 8.97. The molecule has 2 rings (SSSR count). The van der Waals surface area contributed by atoms with Crippen LogP contribution in [0.15, 0.2) is 0 Å². The van der Waals surface area contributed by atoms with Gasteiger partial charge in [-0.3, -0.25) is 9.69 Å². The van der Waals surface area contributed by atoms with Crippen LogP contribution in [0.2, 0.25) is 0 Å². The lowest BCUT2D eigenvalue weighted by atomic mass is 10.4. The van der Waals surface area contributed by atoms with E-state index in [4.69, 9.17) is 16.3 Å². The van der Waals surface area contributed by atoms with Crippen molar-refractivity contribution in [2.45, 2.75) is 18.7 Å². The van der Waals surface area contributed by atoms with Gasteiger partial charge in [-0.25, -0.2) is 0 Å². The Kier molecular flexibility index (Phi) is 2.91. The minimum atomic E-state index is -0.185. The van der Waals surface area contributed by atoms with Gasteiger partial charge in [0.1, 0.15) is 5.82 Å². The normalized spacial score (nSPS) is 20.3. The molecular weight excluding hydrogens is 232 g/mol. The van der Waals surface area contributed by atoms with Crippen LogP contribution < -0.4 is 9.64 Å². The molecular formula is C9H11ClN4O2. The minimum Gasteiger partial charge on any atom is -0.467 e. The smallest absolute Gasteiger partial charge is 0.321 e. The third-order valence-corrected chi connectivity index (χ3v) is 2.51. The van der Waals surface area contributed by atoms with E-state index in [1.165, 1.54) is 12.0 Å². The predicted molar refractivity (Wildman–Crippen MR) is 57.7 cm³/mol. The first kappa shape index (κ1) is 11.1. The Balaban J connectivity index is 2.33. The van der Waals surface area contributed by atoms with E-state index < -0.39 is 0 Å². The van der Waals surface area contributed by atoms with E-state index in [9.17, 15) is 4.79 Å². The zero-order valence-corrected chi connectivity index (χ0v) is 9.73. The maximum Gasteiger partial charge on any atom is 0.321 e. The van der Waals surface area contributed by atoms with Crippen LogP contribution in [0, 0.1) is 6.92 Å². The number of anilines is 1. The lowest BCUT2D eigenvalue weighted by Gasteiger charge is -2.13. The summed E-state index contributed by atoms with van der Waals surface area (Å²) in [5.74, 6) is 0.734. The molecule has 1 amide bonds. The summed E-state index contributed by atoms with van der Waals surface area (Å²) in [6.45, 7) is 2.14. The number of rotatable bonds is 2. The van der Waals surface area contributed by atoms with Crippen LogP contribution in [-0.4, -0.2) is 39.9 Å². The molecule has 1 fully saturated rings. The highest BCUT2D eigenvalue weighted by molar-refractivity contribution is 6.24. The summed E-state index contributed by atoms with van der Waals surface area (Å²) >= 11 is 5.90. The number of amides is 1. The first-order chi connectivity index (χ1) is 7.60. The SMILES string of the molecule is COc1nc(C)nc(N2CC(Cl)CC2=O)n1. The summed E-state index contributed by atoms with van der Waals surface area (Å²) in [4.78, 5) is 25.1. The topological polar surface area (TPSA) is 68.2 Å². The van der Waals surface area contributed by atoms with Crippen molar-refractivity contribution < 1.29 is 9.53 Å². The number of halogens is 1. The van der Waals surface area contributed by atoms with Crippen LogP contribution in [0.5, 0.6) is 6.01 Å². The summed E-state index contributed by atoms with van der Waals surface area (Å²) in [7, 11) is 1.47. The van der Waals surface area contributed by atoms with Crippen LogP contribution >= 0.6 is 11.6 Å². The highest BCUT2D eigenvalue weighted by Gasteiger charge is 2.31. The van der Waals surface area contributed by atoms with Gasteiger partial charge in [-0.15, -0.1) is 11.6 Å². The van der Waals surface area contributed by atoms with Crippen LogP contribution in [0.4, 0.5) is 5.95 Å². The molecule has 0 radical (unpaired) electrons. The molecule has 1 aliphatic heterocycles. The van der Waals surface area contributed by atoms with Crippen molar-refractivity contribution in [1.82, 2.24) is 15.0 Å². The maximum absolute atomic E-state index is 11.6. The van der Waals surface area contributed by atoms with Gasteiger partial charge in [-0.2, -0.15) is 15.0 Å². The third kappa shape index (κ3) is 2.06. The molecule has 16 heavy (non-hydrogen) atoms. The maximum atomic E-state index is 11.6. The molecule has 1 atom stereocenters. The molecule has 0 spiro atoms. The van der Waals surface area contributed by atoms with Crippen molar-refractivity contribution >= 4 is 23.5 Å². The predicted octanol–water partition coefficient (Wildman–Crippen LogP) is 0.533. The standard InChI is InChI=1S/C9H11ClN4O2/c1-5-11-8(13-9(12-5)16-2)14-4-6(10)3-7(14)15/h6H,3-4H2,1-2H3. The average Bonchev–Trinajstić information content (AvgIpc) is 2.57. The largest absolute Gasteiger partial charge is 0.467 e. The lowest BCUT2D eigenvalue weighted by Crippen LogP contribution is -2.27. The van der Waals surface area contributed by atoms with Crippen LogP contribution in [0.3, 0.4) is 0 Å². The fourth-order valence-electron chi connectivity index (χ4n) is 1.51. The fourth-order valence-corrected chi connectivity index (χ4v) is 1.78. The second kappa shape index (κ2) is 4.21. The second-order valence-electron chi connectivity index (χ2n) is 3.48. The number of hydrogen-bond donors (Lipinski definition) is 0. The summed E-state index contributed by atoms with van der Waals surface area (Å²) in [6, 6.07) is 0.202.